The van der Waals surface area contributed by atoms with Crippen LogP contribution in [0.3, 0.4) is 0 Å². The van der Waals surface area contributed by atoms with E-state index < -0.39 is 5.97 Å². The molecule has 0 aliphatic carbocycles. The summed E-state index contributed by atoms with van der Waals surface area (Å²) < 4.78 is 0. The average molecular weight is 395 g/mol. The van der Waals surface area contributed by atoms with Gasteiger partial charge in [0.1, 0.15) is 0 Å². The van der Waals surface area contributed by atoms with Crippen LogP contribution in [0.5, 0.6) is 0 Å². The van der Waals surface area contributed by atoms with E-state index in [9.17, 15) is 14.4 Å². The van der Waals surface area contributed by atoms with E-state index in [1.54, 1.807) is 24.3 Å². The van der Waals surface area contributed by atoms with Crippen molar-refractivity contribution in [3.63, 3.8) is 0 Å². The number of nitrogens with one attached hydrogen (secondary N) is 2. The van der Waals surface area contributed by atoms with Crippen LogP contribution in [-0.2, 0) is 13.1 Å². The number of hydrogen-bond acceptors (Lipinski definition) is 3. The number of piperidine rings is 1. The Kier molecular flexibility index (Phi) is 6.84. The lowest BCUT2D eigenvalue weighted by atomic mass is 10.1. The molecule has 1 fully saturated rings. The minimum absolute atomic E-state index is 0.0656. The molecule has 7 nitrogen and oxygen atoms in total. The van der Waals surface area contributed by atoms with Crippen molar-refractivity contribution in [2.45, 2.75) is 32.4 Å². The summed E-state index contributed by atoms with van der Waals surface area (Å²) in [6.45, 7) is 2.29. The van der Waals surface area contributed by atoms with Gasteiger partial charge in [0.25, 0.3) is 5.91 Å². The average Bonchev–Trinajstić information content (AvgIpc) is 2.77. The Bertz CT molecular complexity index is 857. The third-order valence-corrected chi connectivity index (χ3v) is 4.95. The van der Waals surface area contributed by atoms with Gasteiger partial charge in [0.05, 0.1) is 5.56 Å². The molecule has 3 amide bonds. The lowest BCUT2D eigenvalue weighted by molar-refractivity contribution is 0.0694. The summed E-state index contributed by atoms with van der Waals surface area (Å²) in [6.07, 6.45) is 3.31. The first kappa shape index (κ1) is 20.4. The Morgan fingerprint density at radius 2 is 1.24 bits per heavy atom. The van der Waals surface area contributed by atoms with Crippen molar-refractivity contribution >= 4 is 17.9 Å². The number of carboxylic acid groups (broad SMARTS) is 1. The van der Waals surface area contributed by atoms with Gasteiger partial charge < -0.3 is 20.6 Å². The fraction of sp³-hybridized carbons (Fsp3) is 0.318. The molecule has 3 rings (SSSR count). The van der Waals surface area contributed by atoms with Gasteiger partial charge in [-0.25, -0.2) is 9.59 Å². The van der Waals surface area contributed by atoms with Crippen LogP contribution in [0.2, 0.25) is 0 Å². The van der Waals surface area contributed by atoms with Crippen LogP contribution in [0.4, 0.5) is 4.79 Å². The molecular formula is C22H25N3O4. The molecule has 0 saturated carbocycles. The fourth-order valence-corrected chi connectivity index (χ4v) is 3.24. The van der Waals surface area contributed by atoms with Crippen molar-refractivity contribution < 1.29 is 19.5 Å². The molecule has 29 heavy (non-hydrogen) atoms. The molecular weight excluding hydrogens is 370 g/mol. The maximum atomic E-state index is 12.5. The molecule has 3 N–H and O–H groups in total. The number of carbonyl (C=O) groups excluding carboxylic acids is 2. The van der Waals surface area contributed by atoms with Gasteiger partial charge in [-0.2, -0.15) is 0 Å². The lowest BCUT2D eigenvalue weighted by Crippen LogP contribution is -2.35. The minimum Gasteiger partial charge on any atom is -0.478 e. The van der Waals surface area contributed by atoms with Gasteiger partial charge in [0.15, 0.2) is 0 Å². The molecule has 0 unspecified atom stereocenters. The highest BCUT2D eigenvalue weighted by molar-refractivity contribution is 5.94. The van der Waals surface area contributed by atoms with Crippen LogP contribution in [0.1, 0.15) is 51.1 Å². The summed E-state index contributed by atoms with van der Waals surface area (Å²) in [5.74, 6) is -0.915. The number of carboxylic acids is 1. The molecule has 0 radical (unpaired) electrons. The van der Waals surface area contributed by atoms with E-state index in [0.717, 1.165) is 37.1 Å². The van der Waals surface area contributed by atoms with E-state index in [0.29, 0.717) is 18.7 Å². The molecule has 1 saturated heterocycles. The van der Waals surface area contributed by atoms with Crippen molar-refractivity contribution in [3.8, 4) is 0 Å². The van der Waals surface area contributed by atoms with Gasteiger partial charge in [0, 0.05) is 31.7 Å². The second-order valence-corrected chi connectivity index (χ2v) is 7.09. The number of rotatable bonds is 6. The SMILES string of the molecule is O=C(NCc1ccc(C(=O)O)cc1)NCc1ccc(C(=O)N2CCCCC2)cc1. The van der Waals surface area contributed by atoms with E-state index in [-0.39, 0.29) is 17.5 Å². The first-order valence-corrected chi connectivity index (χ1v) is 9.75. The number of urea groups is 1. The molecule has 2 aromatic rings. The van der Waals surface area contributed by atoms with E-state index in [2.05, 4.69) is 10.6 Å². The summed E-state index contributed by atoms with van der Waals surface area (Å²) >= 11 is 0. The van der Waals surface area contributed by atoms with Crippen molar-refractivity contribution in [3.05, 3.63) is 70.8 Å². The van der Waals surface area contributed by atoms with E-state index in [1.165, 1.54) is 18.6 Å². The Hall–Kier alpha value is -3.35. The number of amides is 3. The van der Waals surface area contributed by atoms with Gasteiger partial charge in [-0.05, 0) is 54.7 Å². The molecule has 1 heterocycles. The highest BCUT2D eigenvalue weighted by Gasteiger charge is 2.17. The maximum absolute atomic E-state index is 12.5. The highest BCUT2D eigenvalue weighted by Crippen LogP contribution is 2.14. The predicted molar refractivity (Wildman–Crippen MR) is 109 cm³/mol. The standard InChI is InChI=1S/C22H25N3O4/c26-20(25-12-2-1-3-13-25)18-8-4-16(5-9-18)14-23-22(29)24-15-17-6-10-19(11-7-17)21(27)28/h4-11H,1-3,12-15H2,(H,27,28)(H2,23,24,29). The predicted octanol–water partition coefficient (Wildman–Crippen LogP) is 3.01. The smallest absolute Gasteiger partial charge is 0.335 e. The zero-order valence-electron chi connectivity index (χ0n) is 16.2. The number of benzene rings is 2. The highest BCUT2D eigenvalue weighted by atomic mass is 16.4. The second-order valence-electron chi connectivity index (χ2n) is 7.09. The van der Waals surface area contributed by atoms with Crippen molar-refractivity contribution in [2.75, 3.05) is 13.1 Å². The van der Waals surface area contributed by atoms with Crippen molar-refractivity contribution in [1.29, 1.82) is 0 Å². The van der Waals surface area contributed by atoms with Gasteiger partial charge in [-0.1, -0.05) is 24.3 Å². The molecule has 7 heteroatoms. The summed E-state index contributed by atoms with van der Waals surface area (Å²) in [6, 6.07) is 13.3. The van der Waals surface area contributed by atoms with Gasteiger partial charge in [-0.15, -0.1) is 0 Å². The number of likely N-dealkylation sites (tertiary alicyclic amines) is 1. The third-order valence-electron chi connectivity index (χ3n) is 4.95. The van der Waals surface area contributed by atoms with Crippen molar-refractivity contribution in [2.24, 2.45) is 0 Å². The monoisotopic (exact) mass is 395 g/mol. The molecule has 2 aromatic carbocycles. The summed E-state index contributed by atoms with van der Waals surface area (Å²) in [5, 5.41) is 14.4. The number of hydrogen-bond donors (Lipinski definition) is 3. The zero-order chi connectivity index (χ0) is 20.6. The molecule has 0 atom stereocenters. The second kappa shape index (κ2) is 9.73. The normalized spacial score (nSPS) is 13.6. The topological polar surface area (TPSA) is 98.7 Å². The van der Waals surface area contributed by atoms with Crippen LogP contribution in [-0.4, -0.2) is 41.0 Å². The molecule has 0 bridgehead atoms. The summed E-state index contributed by atoms with van der Waals surface area (Å²) in [5.41, 5.74) is 2.59. The summed E-state index contributed by atoms with van der Waals surface area (Å²) in [7, 11) is 0. The minimum atomic E-state index is -0.981. The lowest BCUT2D eigenvalue weighted by Gasteiger charge is -2.26. The summed E-state index contributed by atoms with van der Waals surface area (Å²) in [4.78, 5) is 37.2. The fourth-order valence-electron chi connectivity index (χ4n) is 3.24. The largest absolute Gasteiger partial charge is 0.478 e. The molecule has 0 aromatic heterocycles. The van der Waals surface area contributed by atoms with Crippen LogP contribution in [0, 0.1) is 0 Å². The Balaban J connectivity index is 1.43. The van der Waals surface area contributed by atoms with E-state index in [4.69, 9.17) is 5.11 Å². The molecule has 1 aliphatic heterocycles. The first-order chi connectivity index (χ1) is 14.0. The van der Waals surface area contributed by atoms with Gasteiger partial charge in [-0.3, -0.25) is 4.79 Å². The number of carbonyl (C=O) groups is 3. The van der Waals surface area contributed by atoms with Crippen LogP contribution >= 0.6 is 0 Å². The van der Waals surface area contributed by atoms with Crippen LogP contribution < -0.4 is 10.6 Å². The zero-order valence-corrected chi connectivity index (χ0v) is 16.2. The Morgan fingerprint density at radius 3 is 1.72 bits per heavy atom. The number of aromatic carboxylic acids is 1. The first-order valence-electron chi connectivity index (χ1n) is 9.75. The Labute approximate surface area is 169 Å². The van der Waals surface area contributed by atoms with E-state index in [1.807, 2.05) is 17.0 Å². The van der Waals surface area contributed by atoms with Crippen molar-refractivity contribution in [1.82, 2.24) is 15.5 Å². The van der Waals surface area contributed by atoms with Gasteiger partial charge >= 0.3 is 12.0 Å². The quantitative estimate of drug-likeness (QED) is 0.700. The third kappa shape index (κ3) is 5.81. The number of nitrogens with zero attached hydrogens (tertiary/aromatic N) is 1. The van der Waals surface area contributed by atoms with Gasteiger partial charge in [0.2, 0.25) is 0 Å². The van der Waals surface area contributed by atoms with Crippen LogP contribution in [0.25, 0.3) is 0 Å². The van der Waals surface area contributed by atoms with E-state index >= 15 is 0 Å². The molecule has 0 spiro atoms. The maximum Gasteiger partial charge on any atom is 0.335 e. The molecule has 1 aliphatic rings. The Morgan fingerprint density at radius 1 is 0.759 bits per heavy atom. The molecule has 152 valence electrons. The van der Waals surface area contributed by atoms with Crippen LogP contribution in [0.15, 0.2) is 48.5 Å².